The Kier molecular flexibility index (Phi) is 6.07. The Bertz CT molecular complexity index is 288. The first-order valence-electron chi connectivity index (χ1n) is 6.27. The van der Waals surface area contributed by atoms with Gasteiger partial charge in [-0.05, 0) is 19.4 Å². The summed E-state index contributed by atoms with van der Waals surface area (Å²) in [5.74, 6) is -0.0720. The fraction of sp³-hybridized carbons (Fsp3) is 0.833. The summed E-state index contributed by atoms with van der Waals surface area (Å²) in [5.41, 5.74) is 0. The fourth-order valence-electron chi connectivity index (χ4n) is 1.89. The van der Waals surface area contributed by atoms with Gasteiger partial charge in [0.05, 0.1) is 19.2 Å². The van der Waals surface area contributed by atoms with Crippen molar-refractivity contribution in [3.8, 4) is 0 Å². The Balaban J connectivity index is 2.58. The van der Waals surface area contributed by atoms with Crippen molar-refractivity contribution in [2.75, 3.05) is 47.4 Å². The molecule has 1 fully saturated rings. The second kappa shape index (κ2) is 7.33. The van der Waals surface area contributed by atoms with Crippen LogP contribution in [-0.2, 0) is 14.3 Å². The molecule has 0 spiro atoms. The first kappa shape index (κ1) is 14.9. The minimum Gasteiger partial charge on any atom is -0.383 e. The van der Waals surface area contributed by atoms with Gasteiger partial charge in [-0.25, -0.2) is 0 Å². The number of methoxy groups -OCH3 is 1. The lowest BCUT2D eigenvalue weighted by atomic mass is 10.2. The van der Waals surface area contributed by atoms with Gasteiger partial charge in [0.1, 0.15) is 0 Å². The van der Waals surface area contributed by atoms with E-state index in [-0.39, 0.29) is 24.4 Å². The summed E-state index contributed by atoms with van der Waals surface area (Å²) in [6.07, 6.45) is 1.86. The number of likely N-dealkylation sites (N-methyl/N-ethyl adjacent to an activating group) is 1. The van der Waals surface area contributed by atoms with Gasteiger partial charge in [0.25, 0.3) is 0 Å². The third kappa shape index (κ3) is 4.27. The van der Waals surface area contributed by atoms with Gasteiger partial charge in [0, 0.05) is 27.7 Å². The molecule has 0 aromatic carbocycles. The van der Waals surface area contributed by atoms with Crippen molar-refractivity contribution < 1.29 is 14.3 Å². The fourth-order valence-corrected chi connectivity index (χ4v) is 1.89. The van der Waals surface area contributed by atoms with Gasteiger partial charge in [-0.15, -0.1) is 0 Å². The standard InChI is InChI=1S/C12H23N3O3/c1-14(2)11(16)9-15(7-8-18-3)12(17)10-5-4-6-13-10/h10,13H,4-9H2,1-3H3. The van der Waals surface area contributed by atoms with E-state index in [2.05, 4.69) is 5.32 Å². The number of carbonyl (C=O) groups is 2. The molecule has 18 heavy (non-hydrogen) atoms. The van der Waals surface area contributed by atoms with Crippen LogP contribution in [0.4, 0.5) is 0 Å². The van der Waals surface area contributed by atoms with Crippen molar-refractivity contribution in [3.05, 3.63) is 0 Å². The van der Waals surface area contributed by atoms with E-state index in [9.17, 15) is 9.59 Å². The molecule has 0 bridgehead atoms. The van der Waals surface area contributed by atoms with Crippen molar-refractivity contribution in [3.63, 3.8) is 0 Å². The van der Waals surface area contributed by atoms with E-state index in [1.54, 1.807) is 26.1 Å². The van der Waals surface area contributed by atoms with Crippen molar-refractivity contribution >= 4 is 11.8 Å². The SMILES string of the molecule is COCCN(CC(=O)N(C)C)C(=O)C1CCCN1. The molecule has 0 aliphatic carbocycles. The van der Waals surface area contributed by atoms with Crippen molar-refractivity contribution in [2.24, 2.45) is 0 Å². The van der Waals surface area contributed by atoms with E-state index in [0.29, 0.717) is 13.2 Å². The molecule has 2 amide bonds. The summed E-state index contributed by atoms with van der Waals surface area (Å²) < 4.78 is 4.99. The smallest absolute Gasteiger partial charge is 0.241 e. The number of nitrogens with zero attached hydrogens (tertiary/aromatic N) is 2. The molecule has 1 heterocycles. The first-order valence-corrected chi connectivity index (χ1v) is 6.27. The third-order valence-corrected chi connectivity index (χ3v) is 3.06. The highest BCUT2D eigenvalue weighted by molar-refractivity contribution is 5.87. The predicted molar refractivity (Wildman–Crippen MR) is 68.2 cm³/mol. The molecule has 1 saturated heterocycles. The van der Waals surface area contributed by atoms with E-state index in [1.807, 2.05) is 0 Å². The zero-order valence-corrected chi connectivity index (χ0v) is 11.4. The maximum atomic E-state index is 12.2. The topological polar surface area (TPSA) is 61.9 Å². The van der Waals surface area contributed by atoms with Gasteiger partial charge in [-0.2, -0.15) is 0 Å². The molecule has 1 aliphatic heterocycles. The van der Waals surface area contributed by atoms with E-state index in [1.165, 1.54) is 4.90 Å². The Morgan fingerprint density at radius 3 is 2.61 bits per heavy atom. The summed E-state index contributed by atoms with van der Waals surface area (Å²) in [6, 6.07) is -0.142. The number of nitrogens with one attached hydrogen (secondary N) is 1. The molecular weight excluding hydrogens is 234 g/mol. The van der Waals surface area contributed by atoms with Crippen molar-refractivity contribution in [2.45, 2.75) is 18.9 Å². The van der Waals surface area contributed by atoms with Gasteiger partial charge < -0.3 is 19.9 Å². The molecule has 1 rings (SSSR count). The van der Waals surface area contributed by atoms with E-state index >= 15 is 0 Å². The molecular formula is C12H23N3O3. The minimum atomic E-state index is -0.142. The van der Waals surface area contributed by atoms with Crippen LogP contribution >= 0.6 is 0 Å². The van der Waals surface area contributed by atoms with Crippen LogP contribution in [0.15, 0.2) is 0 Å². The molecule has 6 heteroatoms. The second-order valence-corrected chi connectivity index (χ2v) is 4.69. The lowest BCUT2D eigenvalue weighted by Crippen LogP contribution is -2.48. The lowest BCUT2D eigenvalue weighted by molar-refractivity contribution is -0.140. The van der Waals surface area contributed by atoms with Crippen LogP contribution < -0.4 is 5.32 Å². The van der Waals surface area contributed by atoms with Crippen LogP contribution in [0.3, 0.4) is 0 Å². The van der Waals surface area contributed by atoms with Gasteiger partial charge in [0.15, 0.2) is 0 Å². The Hall–Kier alpha value is -1.14. The monoisotopic (exact) mass is 257 g/mol. The first-order chi connectivity index (χ1) is 8.56. The largest absolute Gasteiger partial charge is 0.383 e. The summed E-state index contributed by atoms with van der Waals surface area (Å²) in [7, 11) is 4.97. The molecule has 1 atom stereocenters. The van der Waals surface area contributed by atoms with Crippen LogP contribution in [0.25, 0.3) is 0 Å². The van der Waals surface area contributed by atoms with Gasteiger partial charge in [0.2, 0.25) is 11.8 Å². The third-order valence-electron chi connectivity index (χ3n) is 3.06. The normalized spacial score (nSPS) is 18.7. The molecule has 0 saturated carbocycles. The summed E-state index contributed by atoms with van der Waals surface area (Å²) in [6.45, 7) is 1.88. The summed E-state index contributed by atoms with van der Waals surface area (Å²) >= 11 is 0. The van der Waals surface area contributed by atoms with Crippen LogP contribution in [0, 0.1) is 0 Å². The summed E-state index contributed by atoms with van der Waals surface area (Å²) in [4.78, 5) is 27.0. The Labute approximate surface area is 108 Å². The van der Waals surface area contributed by atoms with Gasteiger partial charge in [-0.3, -0.25) is 9.59 Å². The second-order valence-electron chi connectivity index (χ2n) is 4.69. The highest BCUT2D eigenvalue weighted by atomic mass is 16.5. The number of hydrogen-bond donors (Lipinski definition) is 1. The molecule has 104 valence electrons. The van der Waals surface area contributed by atoms with Crippen molar-refractivity contribution in [1.82, 2.24) is 15.1 Å². The maximum absolute atomic E-state index is 12.2. The van der Waals surface area contributed by atoms with Gasteiger partial charge >= 0.3 is 0 Å². The highest BCUT2D eigenvalue weighted by Gasteiger charge is 2.28. The van der Waals surface area contributed by atoms with Crippen molar-refractivity contribution in [1.29, 1.82) is 0 Å². The Morgan fingerprint density at radius 1 is 1.39 bits per heavy atom. The molecule has 1 aliphatic rings. The van der Waals surface area contributed by atoms with E-state index in [4.69, 9.17) is 4.74 Å². The average molecular weight is 257 g/mol. The molecule has 1 unspecified atom stereocenters. The number of rotatable bonds is 6. The quantitative estimate of drug-likeness (QED) is 0.683. The molecule has 6 nitrogen and oxygen atoms in total. The number of carbonyl (C=O) groups excluding carboxylic acids is 2. The zero-order chi connectivity index (χ0) is 13.5. The molecule has 1 N–H and O–H groups in total. The maximum Gasteiger partial charge on any atom is 0.241 e. The average Bonchev–Trinajstić information content (AvgIpc) is 2.86. The van der Waals surface area contributed by atoms with Crippen LogP contribution in [0.2, 0.25) is 0 Å². The molecule has 0 aromatic heterocycles. The number of hydrogen-bond acceptors (Lipinski definition) is 4. The van der Waals surface area contributed by atoms with Crippen LogP contribution in [0.1, 0.15) is 12.8 Å². The molecule has 0 radical (unpaired) electrons. The van der Waals surface area contributed by atoms with Gasteiger partial charge in [-0.1, -0.05) is 0 Å². The Morgan fingerprint density at radius 2 is 2.11 bits per heavy atom. The number of amides is 2. The van der Waals surface area contributed by atoms with Crippen LogP contribution in [0.5, 0.6) is 0 Å². The van der Waals surface area contributed by atoms with E-state index in [0.717, 1.165) is 19.4 Å². The highest BCUT2D eigenvalue weighted by Crippen LogP contribution is 2.08. The zero-order valence-electron chi connectivity index (χ0n) is 11.4. The molecule has 0 aromatic rings. The minimum absolute atomic E-state index is 0.000231. The lowest BCUT2D eigenvalue weighted by Gasteiger charge is -2.26. The van der Waals surface area contributed by atoms with Crippen LogP contribution in [-0.4, -0.2) is 75.1 Å². The summed E-state index contributed by atoms with van der Waals surface area (Å²) in [5, 5.41) is 3.16. The predicted octanol–water partition coefficient (Wildman–Crippen LogP) is -0.698. The van der Waals surface area contributed by atoms with E-state index < -0.39 is 0 Å². The number of ether oxygens (including phenoxy) is 1.